The van der Waals surface area contributed by atoms with Crippen molar-refractivity contribution in [1.29, 1.82) is 0 Å². The number of aryl methyl sites for hydroxylation is 2. The van der Waals surface area contributed by atoms with Crippen molar-refractivity contribution < 1.29 is 13.9 Å². The molecular weight excluding hydrogens is 481 g/mol. The van der Waals surface area contributed by atoms with Crippen LogP contribution in [0.25, 0.3) is 0 Å². The number of ether oxygens (including phenoxy) is 2. The molecule has 0 bridgehead atoms. The van der Waals surface area contributed by atoms with Gasteiger partial charge in [-0.3, -0.25) is 4.99 Å². The van der Waals surface area contributed by atoms with Crippen LogP contribution < -0.4 is 5.32 Å². The summed E-state index contributed by atoms with van der Waals surface area (Å²) in [5.74, 6) is 1.78. The summed E-state index contributed by atoms with van der Waals surface area (Å²) in [5, 5.41) is 3.45. The minimum Gasteiger partial charge on any atom is -0.467 e. The molecule has 6 nitrogen and oxygen atoms in total. The van der Waals surface area contributed by atoms with Crippen LogP contribution in [0.2, 0.25) is 0 Å². The van der Waals surface area contributed by atoms with Crippen molar-refractivity contribution in [2.24, 2.45) is 4.99 Å². The molecule has 0 spiro atoms. The van der Waals surface area contributed by atoms with E-state index in [1.807, 2.05) is 19.2 Å². The monoisotopic (exact) mass is 513 g/mol. The molecule has 1 aromatic carbocycles. The molecule has 1 atom stereocenters. The molecular formula is C22H32IN3O3. The molecule has 1 N–H and O–H groups in total. The highest BCUT2D eigenvalue weighted by atomic mass is 127. The van der Waals surface area contributed by atoms with E-state index < -0.39 is 0 Å². The zero-order valence-corrected chi connectivity index (χ0v) is 19.8. The molecule has 1 unspecified atom stereocenters. The first-order valence-corrected chi connectivity index (χ1v) is 9.92. The Balaban J connectivity index is 0.00000300. The molecule has 1 aliphatic rings. The summed E-state index contributed by atoms with van der Waals surface area (Å²) >= 11 is 0. The van der Waals surface area contributed by atoms with Gasteiger partial charge in [0.2, 0.25) is 0 Å². The van der Waals surface area contributed by atoms with Crippen molar-refractivity contribution in [3.63, 3.8) is 0 Å². The third kappa shape index (κ3) is 7.01. The average molecular weight is 513 g/mol. The van der Waals surface area contributed by atoms with Gasteiger partial charge in [0, 0.05) is 26.7 Å². The van der Waals surface area contributed by atoms with Crippen molar-refractivity contribution in [3.8, 4) is 0 Å². The summed E-state index contributed by atoms with van der Waals surface area (Å²) in [7, 11) is 1.83. The third-order valence-corrected chi connectivity index (χ3v) is 4.92. The summed E-state index contributed by atoms with van der Waals surface area (Å²) < 4.78 is 16.9. The molecule has 1 aromatic heterocycles. The van der Waals surface area contributed by atoms with Crippen LogP contribution >= 0.6 is 24.0 Å². The highest BCUT2D eigenvalue weighted by Gasteiger charge is 2.25. The molecule has 2 heterocycles. The maximum absolute atomic E-state index is 6.05. The Morgan fingerprint density at radius 2 is 2.17 bits per heavy atom. The van der Waals surface area contributed by atoms with Crippen LogP contribution in [0, 0.1) is 13.8 Å². The molecule has 29 heavy (non-hydrogen) atoms. The van der Waals surface area contributed by atoms with Gasteiger partial charge in [0.05, 0.1) is 19.4 Å². The summed E-state index contributed by atoms with van der Waals surface area (Å²) in [4.78, 5) is 6.73. The standard InChI is InChI=1S/C22H31N3O3.HI/c1-17-7-8-20(18(2)14-17)21-15-25(10-13-28-21)22(23-3)24-9-5-11-26-16-19-6-4-12-27-19;/h4,6-8,12,14,21H,5,9-11,13,15-16H2,1-3H3,(H,23,24);1H. The SMILES string of the molecule is CN=C(NCCCOCc1ccco1)N1CCOC(c2ccc(C)cc2C)C1.I. The quantitative estimate of drug-likeness (QED) is 0.262. The van der Waals surface area contributed by atoms with E-state index >= 15 is 0 Å². The minimum absolute atomic E-state index is 0. The summed E-state index contributed by atoms with van der Waals surface area (Å²) in [5.41, 5.74) is 3.82. The molecule has 0 saturated carbocycles. The van der Waals surface area contributed by atoms with Crippen molar-refractivity contribution in [3.05, 3.63) is 59.0 Å². The maximum atomic E-state index is 6.05. The highest BCUT2D eigenvalue weighted by molar-refractivity contribution is 14.0. The lowest BCUT2D eigenvalue weighted by Gasteiger charge is -2.35. The maximum Gasteiger partial charge on any atom is 0.193 e. The smallest absolute Gasteiger partial charge is 0.193 e. The molecule has 1 saturated heterocycles. The molecule has 0 aliphatic carbocycles. The fraction of sp³-hybridized carbons (Fsp3) is 0.500. The van der Waals surface area contributed by atoms with Crippen molar-refractivity contribution in [2.45, 2.75) is 33.0 Å². The molecule has 2 aromatic rings. The number of rotatable bonds is 7. The Bertz CT molecular complexity index is 765. The van der Waals surface area contributed by atoms with Crippen molar-refractivity contribution in [2.75, 3.05) is 39.9 Å². The van der Waals surface area contributed by atoms with Gasteiger partial charge < -0.3 is 24.1 Å². The Kier molecular flexibility index (Phi) is 9.96. The topological polar surface area (TPSA) is 59.2 Å². The number of aliphatic imine (C=N–C) groups is 1. The second-order valence-corrected chi connectivity index (χ2v) is 7.12. The van der Waals surface area contributed by atoms with Crippen LogP contribution in [-0.4, -0.2) is 50.8 Å². The molecule has 7 heteroatoms. The lowest BCUT2D eigenvalue weighted by Crippen LogP contribution is -2.48. The van der Waals surface area contributed by atoms with Gasteiger partial charge in [0.25, 0.3) is 0 Å². The second-order valence-electron chi connectivity index (χ2n) is 7.12. The molecule has 3 rings (SSSR count). The van der Waals surface area contributed by atoms with E-state index in [9.17, 15) is 0 Å². The number of halogens is 1. The van der Waals surface area contributed by atoms with E-state index in [1.54, 1.807) is 6.26 Å². The van der Waals surface area contributed by atoms with Gasteiger partial charge >= 0.3 is 0 Å². The number of benzene rings is 1. The second kappa shape index (κ2) is 12.2. The van der Waals surface area contributed by atoms with Gasteiger partial charge in [0.15, 0.2) is 5.96 Å². The van der Waals surface area contributed by atoms with Crippen LogP contribution in [0.4, 0.5) is 0 Å². The first kappa shape index (κ1) is 23.7. The Morgan fingerprint density at radius 3 is 2.90 bits per heavy atom. The Morgan fingerprint density at radius 1 is 1.31 bits per heavy atom. The lowest BCUT2D eigenvalue weighted by molar-refractivity contribution is -0.00835. The van der Waals surface area contributed by atoms with Gasteiger partial charge in [-0.1, -0.05) is 23.8 Å². The third-order valence-electron chi connectivity index (χ3n) is 4.92. The number of hydrogen-bond acceptors (Lipinski definition) is 4. The molecule has 160 valence electrons. The minimum atomic E-state index is 0. The zero-order chi connectivity index (χ0) is 19.8. The average Bonchev–Trinajstić information content (AvgIpc) is 3.21. The van der Waals surface area contributed by atoms with Crippen LogP contribution in [0.3, 0.4) is 0 Å². The first-order valence-electron chi connectivity index (χ1n) is 9.92. The van der Waals surface area contributed by atoms with E-state index in [1.165, 1.54) is 16.7 Å². The summed E-state index contributed by atoms with van der Waals surface area (Å²) in [6, 6.07) is 10.3. The van der Waals surface area contributed by atoms with Gasteiger partial charge in [-0.15, -0.1) is 24.0 Å². The predicted octanol–water partition coefficient (Wildman–Crippen LogP) is 4.07. The lowest BCUT2D eigenvalue weighted by atomic mass is 10.00. The van der Waals surface area contributed by atoms with Crippen molar-refractivity contribution in [1.82, 2.24) is 10.2 Å². The Labute approximate surface area is 190 Å². The fourth-order valence-electron chi connectivity index (χ4n) is 3.49. The van der Waals surface area contributed by atoms with Crippen LogP contribution in [0.1, 0.15) is 35.0 Å². The Hall–Kier alpha value is -1.58. The summed E-state index contributed by atoms with van der Waals surface area (Å²) in [6.07, 6.45) is 2.65. The normalized spacial score (nSPS) is 17.1. The van der Waals surface area contributed by atoms with E-state index in [2.05, 4.69) is 47.3 Å². The number of hydrogen-bond donors (Lipinski definition) is 1. The van der Waals surface area contributed by atoms with Crippen LogP contribution in [0.5, 0.6) is 0 Å². The van der Waals surface area contributed by atoms with Crippen molar-refractivity contribution >= 4 is 29.9 Å². The molecule has 0 radical (unpaired) electrons. The molecule has 1 fully saturated rings. The van der Waals surface area contributed by atoms with Gasteiger partial charge in [-0.2, -0.15) is 0 Å². The van der Waals surface area contributed by atoms with Crippen LogP contribution in [-0.2, 0) is 16.1 Å². The van der Waals surface area contributed by atoms with Gasteiger partial charge in [-0.05, 0) is 43.5 Å². The molecule has 0 amide bonds. The summed E-state index contributed by atoms with van der Waals surface area (Å²) in [6.45, 7) is 8.63. The number of guanidine groups is 1. The van der Waals surface area contributed by atoms with E-state index in [0.717, 1.165) is 37.8 Å². The number of nitrogens with zero attached hydrogens (tertiary/aromatic N) is 2. The predicted molar refractivity (Wildman–Crippen MR) is 126 cm³/mol. The van der Waals surface area contributed by atoms with Gasteiger partial charge in [0.1, 0.15) is 18.5 Å². The van der Waals surface area contributed by atoms with Crippen LogP contribution in [0.15, 0.2) is 46.0 Å². The number of morpholine rings is 1. The van der Waals surface area contributed by atoms with E-state index in [4.69, 9.17) is 13.9 Å². The van der Waals surface area contributed by atoms with E-state index in [-0.39, 0.29) is 30.1 Å². The zero-order valence-electron chi connectivity index (χ0n) is 17.5. The fourth-order valence-corrected chi connectivity index (χ4v) is 3.49. The number of furan rings is 1. The highest BCUT2D eigenvalue weighted by Crippen LogP contribution is 2.25. The van der Waals surface area contributed by atoms with E-state index in [0.29, 0.717) is 19.8 Å². The molecule has 1 aliphatic heterocycles. The largest absolute Gasteiger partial charge is 0.467 e. The first-order chi connectivity index (χ1) is 13.7. The number of nitrogens with one attached hydrogen (secondary N) is 1. The van der Waals surface area contributed by atoms with Gasteiger partial charge in [-0.25, -0.2) is 0 Å².